The number of hydrogen-bond acceptors (Lipinski definition) is 3. The topological polar surface area (TPSA) is 63.6 Å². The Morgan fingerprint density at radius 2 is 2.20 bits per heavy atom. The van der Waals surface area contributed by atoms with E-state index in [1.54, 1.807) is 0 Å². The Balaban J connectivity index is 2.69. The molecule has 0 aliphatic carbocycles. The largest absolute Gasteiger partial charge is 0.478 e. The molecule has 15 heavy (non-hydrogen) atoms. The summed E-state index contributed by atoms with van der Waals surface area (Å²) >= 11 is 0. The number of carbonyl (C=O) groups is 2. The average Bonchev–Trinajstić information content (AvgIpc) is 2.38. The van der Waals surface area contributed by atoms with Crippen LogP contribution in [0.5, 0.6) is 0 Å². The van der Waals surface area contributed by atoms with Crippen LogP contribution in [-0.4, -0.2) is 29.6 Å². The molecule has 1 fully saturated rings. The van der Waals surface area contributed by atoms with Crippen LogP contribution in [0.1, 0.15) is 26.2 Å². The molecule has 4 nitrogen and oxygen atoms in total. The van der Waals surface area contributed by atoms with E-state index < -0.39 is 18.2 Å². The second-order valence-corrected chi connectivity index (χ2v) is 4.05. The van der Waals surface area contributed by atoms with Gasteiger partial charge in [-0.1, -0.05) is 13.5 Å². The van der Waals surface area contributed by atoms with Gasteiger partial charge in [0.2, 0.25) is 0 Å². The maximum Gasteiger partial charge on any atom is 0.333 e. The summed E-state index contributed by atoms with van der Waals surface area (Å²) in [5.74, 6) is -0.675. The van der Waals surface area contributed by atoms with Gasteiger partial charge in [0.05, 0.1) is 11.7 Å². The van der Waals surface area contributed by atoms with Crippen LogP contribution in [0.15, 0.2) is 12.2 Å². The summed E-state index contributed by atoms with van der Waals surface area (Å²) in [6, 6.07) is 0. The number of carbonyl (C=O) groups excluding carboxylic acids is 1. The summed E-state index contributed by atoms with van der Waals surface area (Å²) in [5.41, 5.74) is 0.0379. The highest BCUT2D eigenvalue weighted by atomic mass is 16.5. The third kappa shape index (κ3) is 3.16. The fraction of sp³-hybridized carbons (Fsp3) is 0.636. The number of ether oxygens (including phenoxy) is 1. The van der Waals surface area contributed by atoms with Gasteiger partial charge in [-0.3, -0.25) is 0 Å². The van der Waals surface area contributed by atoms with Crippen molar-refractivity contribution in [1.29, 1.82) is 0 Å². The van der Waals surface area contributed by atoms with Crippen molar-refractivity contribution in [2.75, 3.05) is 0 Å². The Morgan fingerprint density at radius 3 is 2.73 bits per heavy atom. The smallest absolute Gasteiger partial charge is 0.333 e. The van der Waals surface area contributed by atoms with Crippen LogP contribution in [0.3, 0.4) is 0 Å². The molecule has 3 atom stereocenters. The van der Waals surface area contributed by atoms with E-state index >= 15 is 0 Å². The van der Waals surface area contributed by atoms with Crippen molar-refractivity contribution in [2.24, 2.45) is 5.92 Å². The van der Waals surface area contributed by atoms with Crippen molar-refractivity contribution in [2.45, 2.75) is 38.4 Å². The average molecular weight is 212 g/mol. The van der Waals surface area contributed by atoms with Gasteiger partial charge in [0.1, 0.15) is 12.4 Å². The molecule has 0 aromatic rings. The second-order valence-electron chi connectivity index (χ2n) is 4.05. The number of aliphatic carboxylic acids is 1. The monoisotopic (exact) mass is 212 g/mol. The summed E-state index contributed by atoms with van der Waals surface area (Å²) < 4.78 is 5.41. The number of hydrogen-bond donors (Lipinski definition) is 1. The fourth-order valence-corrected chi connectivity index (χ4v) is 1.77. The van der Waals surface area contributed by atoms with Crippen molar-refractivity contribution >= 4 is 12.3 Å². The third-order valence-corrected chi connectivity index (χ3v) is 2.71. The van der Waals surface area contributed by atoms with Gasteiger partial charge in [0, 0.05) is 0 Å². The summed E-state index contributed by atoms with van der Waals surface area (Å²) in [7, 11) is 0. The number of rotatable bonds is 3. The van der Waals surface area contributed by atoms with E-state index in [0.717, 1.165) is 12.7 Å². The highest BCUT2D eigenvalue weighted by Gasteiger charge is 2.27. The quantitative estimate of drug-likeness (QED) is 0.567. The predicted octanol–water partition coefficient (Wildman–Crippen LogP) is 1.40. The molecular formula is C11H16O4. The van der Waals surface area contributed by atoms with Crippen LogP contribution in [0.25, 0.3) is 0 Å². The van der Waals surface area contributed by atoms with Crippen molar-refractivity contribution in [3.63, 3.8) is 0 Å². The lowest BCUT2D eigenvalue weighted by Crippen LogP contribution is -2.25. The first-order valence-electron chi connectivity index (χ1n) is 5.07. The Bertz CT molecular complexity index is 272. The van der Waals surface area contributed by atoms with Gasteiger partial charge in [-0.05, 0) is 25.2 Å². The molecule has 1 heterocycles. The Morgan fingerprint density at radius 1 is 1.53 bits per heavy atom. The molecule has 1 rings (SSSR count). The highest BCUT2D eigenvalue weighted by molar-refractivity contribution is 5.87. The van der Waals surface area contributed by atoms with Gasteiger partial charge >= 0.3 is 5.97 Å². The van der Waals surface area contributed by atoms with Crippen molar-refractivity contribution in [3.8, 4) is 0 Å². The standard InChI is InChI=1S/C11H16O4/c1-7-3-4-10(8(2)11(13)14)15-9(5-7)6-12/h6-7,9-10H,2-5H2,1H3,(H,13,14). The minimum Gasteiger partial charge on any atom is -0.478 e. The van der Waals surface area contributed by atoms with Gasteiger partial charge in [-0.25, -0.2) is 4.79 Å². The van der Waals surface area contributed by atoms with Crippen LogP contribution >= 0.6 is 0 Å². The highest BCUT2D eigenvalue weighted by Crippen LogP contribution is 2.25. The zero-order chi connectivity index (χ0) is 11.4. The van der Waals surface area contributed by atoms with Crippen LogP contribution in [0.4, 0.5) is 0 Å². The van der Waals surface area contributed by atoms with Gasteiger partial charge in [0.15, 0.2) is 0 Å². The molecule has 1 aliphatic rings. The zero-order valence-electron chi connectivity index (χ0n) is 8.81. The number of carboxylic acid groups (broad SMARTS) is 1. The molecule has 3 unspecified atom stereocenters. The van der Waals surface area contributed by atoms with Gasteiger partial charge in [0.25, 0.3) is 0 Å². The Hall–Kier alpha value is -1.16. The maximum atomic E-state index is 10.7. The van der Waals surface area contributed by atoms with Crippen LogP contribution in [0, 0.1) is 5.92 Å². The molecule has 0 bridgehead atoms. The van der Waals surface area contributed by atoms with E-state index in [9.17, 15) is 9.59 Å². The molecule has 1 saturated heterocycles. The van der Waals surface area contributed by atoms with Crippen LogP contribution in [0.2, 0.25) is 0 Å². The first kappa shape index (κ1) is 11.9. The molecule has 0 aromatic carbocycles. The molecule has 0 radical (unpaired) electrons. The molecule has 1 N–H and O–H groups in total. The number of carboxylic acids is 1. The second kappa shape index (κ2) is 5.07. The lowest BCUT2D eigenvalue weighted by molar-refractivity contribution is -0.136. The van der Waals surface area contributed by atoms with Crippen molar-refractivity contribution < 1.29 is 19.4 Å². The lowest BCUT2D eigenvalue weighted by Gasteiger charge is -2.17. The Labute approximate surface area is 88.9 Å². The van der Waals surface area contributed by atoms with Crippen LogP contribution in [-0.2, 0) is 14.3 Å². The van der Waals surface area contributed by atoms with E-state index in [1.807, 2.05) is 6.92 Å². The molecule has 1 aliphatic heterocycles. The third-order valence-electron chi connectivity index (χ3n) is 2.71. The van der Waals surface area contributed by atoms with Crippen LogP contribution < -0.4 is 0 Å². The van der Waals surface area contributed by atoms with E-state index in [-0.39, 0.29) is 5.57 Å². The normalized spacial score (nSPS) is 31.7. The fourth-order valence-electron chi connectivity index (χ4n) is 1.77. The SMILES string of the molecule is C=C(C(=O)O)C1CCC(C)CC(C=O)O1. The first-order chi connectivity index (χ1) is 7.04. The summed E-state index contributed by atoms with van der Waals surface area (Å²) in [6.07, 6.45) is 1.86. The Kier molecular flexibility index (Phi) is 4.03. The molecular weight excluding hydrogens is 196 g/mol. The summed E-state index contributed by atoms with van der Waals surface area (Å²) in [5, 5.41) is 8.78. The van der Waals surface area contributed by atoms with Crippen molar-refractivity contribution in [3.05, 3.63) is 12.2 Å². The maximum absolute atomic E-state index is 10.7. The molecule has 0 amide bonds. The van der Waals surface area contributed by atoms with E-state index in [4.69, 9.17) is 9.84 Å². The minimum atomic E-state index is -1.06. The predicted molar refractivity (Wildman–Crippen MR) is 54.5 cm³/mol. The minimum absolute atomic E-state index is 0.0379. The zero-order valence-corrected chi connectivity index (χ0v) is 8.81. The molecule has 0 spiro atoms. The van der Waals surface area contributed by atoms with E-state index in [1.165, 1.54) is 0 Å². The lowest BCUT2D eigenvalue weighted by atomic mass is 9.97. The summed E-state index contributed by atoms with van der Waals surface area (Å²) in [4.78, 5) is 21.4. The van der Waals surface area contributed by atoms with Gasteiger partial charge in [-0.2, -0.15) is 0 Å². The summed E-state index contributed by atoms with van der Waals surface area (Å²) in [6.45, 7) is 5.51. The molecule has 0 aromatic heterocycles. The molecule has 4 heteroatoms. The number of aldehydes is 1. The molecule has 0 saturated carbocycles. The van der Waals surface area contributed by atoms with Crippen molar-refractivity contribution in [1.82, 2.24) is 0 Å². The van der Waals surface area contributed by atoms with E-state index in [2.05, 4.69) is 6.58 Å². The van der Waals surface area contributed by atoms with E-state index in [0.29, 0.717) is 18.8 Å². The molecule has 84 valence electrons. The first-order valence-corrected chi connectivity index (χ1v) is 5.07. The van der Waals surface area contributed by atoms with Gasteiger partial charge in [-0.15, -0.1) is 0 Å². The van der Waals surface area contributed by atoms with Gasteiger partial charge < -0.3 is 14.6 Å².